The number of nitrogens with zero attached hydrogens (tertiary/aromatic N) is 7. The Balaban J connectivity index is 0.000000177. The van der Waals surface area contributed by atoms with E-state index in [0.29, 0.717) is 34.1 Å². The highest BCUT2D eigenvalue weighted by Crippen LogP contribution is 2.37. The highest BCUT2D eigenvalue weighted by atomic mass is 32.1. The lowest BCUT2D eigenvalue weighted by Gasteiger charge is -2.48. The number of nitrogens with one attached hydrogen (secondary N) is 5. The van der Waals surface area contributed by atoms with Gasteiger partial charge in [-0.05, 0) is 115 Å². The zero-order valence-corrected chi connectivity index (χ0v) is 35.5. The standard InChI is InChI=1S/C21H26N6O2.C21H28N6OS/c1-20(2)9-14(10-21(3,4)27-20)29-18-8-7-17(25-26-18)15-5-6-16(24-19(15)28)13-11-22-23-12-13;1-20(2)10-16(11-21(3,4)26-20)27(5)18-24-25-19(29-18)28-17-8-6-7-14(9-17)15-12-22-23-13-15/h5-8,11-12,14,27H,9-10H2,1-4H3,(H,22,23)(H,24,28);6-9,12-13,16,26H,10-11H2,1-5H3,(H,22,23). The van der Waals surface area contributed by atoms with Crippen molar-refractivity contribution in [2.45, 2.75) is 115 Å². The van der Waals surface area contributed by atoms with Gasteiger partial charge in [-0.2, -0.15) is 10.2 Å². The molecule has 2 aliphatic rings. The first-order valence-corrected chi connectivity index (χ1v) is 20.4. The van der Waals surface area contributed by atoms with Gasteiger partial charge in [-0.15, -0.1) is 15.3 Å². The van der Waals surface area contributed by atoms with Crippen molar-refractivity contribution in [3.63, 3.8) is 0 Å². The van der Waals surface area contributed by atoms with Crippen LogP contribution in [0.4, 0.5) is 5.13 Å². The Hall–Kier alpha value is -5.45. The molecule has 0 bridgehead atoms. The summed E-state index contributed by atoms with van der Waals surface area (Å²) in [5.41, 5.74) is 4.44. The van der Waals surface area contributed by atoms with Crippen LogP contribution in [0.1, 0.15) is 81.1 Å². The second-order valence-electron chi connectivity index (χ2n) is 17.9. The summed E-state index contributed by atoms with van der Waals surface area (Å²) in [6, 6.07) is 15.4. The summed E-state index contributed by atoms with van der Waals surface area (Å²) in [6.45, 7) is 17.8. The highest BCUT2D eigenvalue weighted by molar-refractivity contribution is 7.17. The van der Waals surface area contributed by atoms with Crippen LogP contribution in [0.25, 0.3) is 33.6 Å². The van der Waals surface area contributed by atoms with E-state index in [-0.39, 0.29) is 33.8 Å². The van der Waals surface area contributed by atoms with E-state index in [9.17, 15) is 4.79 Å². The number of benzene rings is 1. The number of H-pyrrole nitrogens is 3. The molecule has 2 aliphatic heterocycles. The second kappa shape index (κ2) is 16.1. The van der Waals surface area contributed by atoms with Gasteiger partial charge in [-0.25, -0.2) is 0 Å². The van der Waals surface area contributed by atoms with Gasteiger partial charge >= 0.3 is 5.19 Å². The van der Waals surface area contributed by atoms with Crippen molar-refractivity contribution in [1.82, 2.24) is 56.4 Å². The zero-order valence-electron chi connectivity index (χ0n) is 34.7. The Kier molecular flexibility index (Phi) is 11.3. The molecule has 0 unspecified atom stereocenters. The molecule has 1 aromatic carbocycles. The Morgan fingerprint density at radius 1 is 0.724 bits per heavy atom. The molecule has 0 radical (unpaired) electrons. The van der Waals surface area contributed by atoms with Crippen LogP contribution >= 0.6 is 11.3 Å². The van der Waals surface area contributed by atoms with Crippen LogP contribution in [0.3, 0.4) is 0 Å². The van der Waals surface area contributed by atoms with Crippen molar-refractivity contribution < 1.29 is 9.47 Å². The van der Waals surface area contributed by atoms with Gasteiger partial charge in [-0.1, -0.05) is 17.2 Å². The number of hydrogen-bond donors (Lipinski definition) is 5. The fourth-order valence-corrected chi connectivity index (χ4v) is 9.34. The maximum atomic E-state index is 12.5. The minimum absolute atomic E-state index is 0.0101. The minimum Gasteiger partial charge on any atom is -0.473 e. The van der Waals surface area contributed by atoms with Crippen molar-refractivity contribution in [2.24, 2.45) is 0 Å². The molecule has 7 heterocycles. The topological polar surface area (TPSA) is 188 Å². The Morgan fingerprint density at radius 3 is 1.98 bits per heavy atom. The summed E-state index contributed by atoms with van der Waals surface area (Å²) in [5, 5.41) is 39.3. The average molecular weight is 807 g/mol. The number of pyridine rings is 1. The van der Waals surface area contributed by atoms with Crippen molar-refractivity contribution in [1.29, 1.82) is 0 Å². The van der Waals surface area contributed by atoms with E-state index in [0.717, 1.165) is 53.3 Å². The maximum Gasteiger partial charge on any atom is 0.301 e. The predicted molar refractivity (Wildman–Crippen MR) is 227 cm³/mol. The molecular weight excluding hydrogens is 753 g/mol. The quantitative estimate of drug-likeness (QED) is 0.0978. The second-order valence-corrected chi connectivity index (χ2v) is 18.9. The van der Waals surface area contributed by atoms with Crippen LogP contribution in [-0.2, 0) is 0 Å². The zero-order chi connectivity index (χ0) is 41.3. The van der Waals surface area contributed by atoms with Crippen molar-refractivity contribution in [3.05, 3.63) is 83.7 Å². The summed E-state index contributed by atoms with van der Waals surface area (Å²) >= 11 is 1.48. The number of piperidine rings is 2. The van der Waals surface area contributed by atoms with E-state index in [1.165, 1.54) is 11.3 Å². The summed E-state index contributed by atoms with van der Waals surface area (Å²) in [7, 11) is 2.10. The maximum absolute atomic E-state index is 12.5. The molecule has 15 nitrogen and oxygen atoms in total. The number of ether oxygens (including phenoxy) is 2. The predicted octanol–water partition coefficient (Wildman–Crippen LogP) is 7.38. The molecule has 58 heavy (non-hydrogen) atoms. The first-order chi connectivity index (χ1) is 27.4. The van der Waals surface area contributed by atoms with Gasteiger partial charge in [0.05, 0.1) is 29.3 Å². The monoisotopic (exact) mass is 806 g/mol. The van der Waals surface area contributed by atoms with Gasteiger partial charge < -0.3 is 30.0 Å². The molecule has 2 saturated heterocycles. The van der Waals surface area contributed by atoms with Crippen LogP contribution in [0.5, 0.6) is 16.8 Å². The minimum atomic E-state index is -0.228. The van der Waals surface area contributed by atoms with Crippen LogP contribution in [0.2, 0.25) is 0 Å². The summed E-state index contributed by atoms with van der Waals surface area (Å²) in [6.07, 6.45) is 11.0. The lowest BCUT2D eigenvalue weighted by Crippen LogP contribution is -2.61. The molecule has 0 aliphatic carbocycles. The van der Waals surface area contributed by atoms with Crippen molar-refractivity contribution in [3.8, 4) is 50.5 Å². The third-order valence-corrected chi connectivity index (χ3v) is 11.3. The van der Waals surface area contributed by atoms with Crippen LogP contribution in [0, 0.1) is 0 Å². The van der Waals surface area contributed by atoms with E-state index in [1.54, 1.807) is 36.8 Å². The van der Waals surface area contributed by atoms with E-state index in [4.69, 9.17) is 9.47 Å². The molecule has 0 amide bonds. The van der Waals surface area contributed by atoms with E-state index in [1.807, 2.05) is 36.5 Å². The molecule has 0 saturated carbocycles. The van der Waals surface area contributed by atoms with Crippen molar-refractivity contribution in [2.75, 3.05) is 11.9 Å². The van der Waals surface area contributed by atoms with Gasteiger partial charge in [0.25, 0.3) is 5.56 Å². The van der Waals surface area contributed by atoms with Gasteiger partial charge in [0.15, 0.2) is 0 Å². The summed E-state index contributed by atoms with van der Waals surface area (Å²) in [4.78, 5) is 17.6. The largest absolute Gasteiger partial charge is 0.473 e. The first-order valence-electron chi connectivity index (χ1n) is 19.6. The molecule has 5 N–H and O–H groups in total. The average Bonchev–Trinajstić information content (AvgIpc) is 3.94. The van der Waals surface area contributed by atoms with E-state index in [2.05, 4.69) is 124 Å². The van der Waals surface area contributed by atoms with E-state index < -0.39 is 0 Å². The fraction of sp³-hybridized carbons (Fsp3) is 0.452. The molecule has 6 aromatic rings. The Labute approximate surface area is 342 Å². The lowest BCUT2D eigenvalue weighted by molar-refractivity contribution is 0.0524. The molecular formula is C42H54N12O3S. The van der Waals surface area contributed by atoms with Crippen molar-refractivity contribution >= 4 is 16.5 Å². The number of hydrogen-bond acceptors (Lipinski definition) is 13. The number of aromatic amines is 3. The highest BCUT2D eigenvalue weighted by Gasteiger charge is 2.40. The van der Waals surface area contributed by atoms with E-state index >= 15 is 0 Å². The Bertz CT molecular complexity index is 2300. The lowest BCUT2D eigenvalue weighted by atomic mass is 9.79. The van der Waals surface area contributed by atoms with Gasteiger partial charge in [0.1, 0.15) is 11.9 Å². The smallest absolute Gasteiger partial charge is 0.301 e. The molecule has 306 valence electrons. The molecule has 0 atom stereocenters. The third kappa shape index (κ3) is 10.2. The van der Waals surface area contributed by atoms with Gasteiger partial charge in [0.2, 0.25) is 11.0 Å². The van der Waals surface area contributed by atoms with Gasteiger partial charge in [0, 0.05) is 77.7 Å². The normalized spacial score (nSPS) is 18.5. The number of anilines is 1. The summed E-state index contributed by atoms with van der Waals surface area (Å²) in [5.74, 6) is 1.21. The molecule has 0 spiro atoms. The van der Waals surface area contributed by atoms with Crippen LogP contribution < -0.4 is 30.6 Å². The molecule has 8 rings (SSSR count). The number of aromatic nitrogens is 9. The molecule has 2 fully saturated rings. The fourth-order valence-electron chi connectivity index (χ4n) is 8.58. The van der Waals surface area contributed by atoms with Crippen LogP contribution in [0.15, 0.2) is 78.1 Å². The Morgan fingerprint density at radius 2 is 1.38 bits per heavy atom. The third-order valence-electron chi connectivity index (χ3n) is 10.4. The SMILES string of the molecule is CC1(C)CC(Oc2ccc(-c3ccc(-c4cn[nH]c4)[nH]c3=O)nn2)CC(C)(C)N1.CN(c1nnc(Oc2cccc(-c3cn[nH]c3)c2)s1)C1CC(C)(C)NC(C)(C)C1. The molecule has 16 heteroatoms. The number of rotatable bonds is 9. The molecule has 5 aromatic heterocycles. The first kappa shape index (κ1) is 40.7. The summed E-state index contributed by atoms with van der Waals surface area (Å²) < 4.78 is 12.1. The van der Waals surface area contributed by atoms with Gasteiger partial charge in [-0.3, -0.25) is 15.0 Å². The van der Waals surface area contributed by atoms with Crippen LogP contribution in [-0.4, -0.2) is 87.1 Å².